The molecule has 4 nitrogen and oxygen atoms in total. The topological polar surface area (TPSA) is 61.2 Å². The number of benzene rings is 2. The molecule has 2 aromatic rings. The third-order valence-electron chi connectivity index (χ3n) is 4.48. The second kappa shape index (κ2) is 6.55. The van der Waals surface area contributed by atoms with E-state index in [0.29, 0.717) is 11.1 Å². The molecule has 6 heteroatoms. The highest BCUT2D eigenvalue weighted by atomic mass is 19.1. The Morgan fingerprint density at radius 1 is 1.00 bits per heavy atom. The summed E-state index contributed by atoms with van der Waals surface area (Å²) in [6.45, 7) is 0. The Kier molecular flexibility index (Phi) is 4.44. The number of carbonyl (C=O) groups excluding carboxylic acids is 2. The molecule has 0 bridgehead atoms. The highest BCUT2D eigenvalue weighted by Gasteiger charge is 2.42. The molecule has 1 heterocycles. The summed E-state index contributed by atoms with van der Waals surface area (Å²) in [5, 5.41) is 8.20. The molecule has 0 aliphatic carbocycles. The monoisotopic (exact) mass is 342 g/mol. The summed E-state index contributed by atoms with van der Waals surface area (Å²) in [4.78, 5) is 26.6. The van der Waals surface area contributed by atoms with Gasteiger partial charge in [-0.1, -0.05) is 24.3 Å². The van der Waals surface area contributed by atoms with E-state index in [2.05, 4.69) is 0 Å². The first kappa shape index (κ1) is 17.0. The molecule has 25 heavy (non-hydrogen) atoms. The van der Waals surface area contributed by atoms with E-state index in [1.807, 2.05) is 0 Å². The standard InChI is InChI=1S/C19H16F2N2O2/c1-23-15(11-2-6-13(20)7-3-11)10-16(24)17(19(23)25)18(22)12-4-8-14(21)9-5-12/h2-9,15,17,22H,10H2,1H3. The SMILES string of the molecule is CN1C(=O)C(C(=N)c2ccc(F)cc2)C(=O)CC1c1ccc(F)cc1. The average Bonchev–Trinajstić information content (AvgIpc) is 2.59. The largest absolute Gasteiger partial charge is 0.337 e. The third kappa shape index (κ3) is 3.20. The number of nitrogens with zero attached hydrogens (tertiary/aromatic N) is 1. The Morgan fingerprint density at radius 2 is 1.52 bits per heavy atom. The van der Waals surface area contributed by atoms with Crippen LogP contribution in [0.3, 0.4) is 0 Å². The van der Waals surface area contributed by atoms with Crippen LogP contribution in [-0.4, -0.2) is 29.3 Å². The molecule has 1 aliphatic heterocycles. The second-order valence-electron chi connectivity index (χ2n) is 6.04. The van der Waals surface area contributed by atoms with Crippen molar-refractivity contribution in [2.45, 2.75) is 12.5 Å². The maximum Gasteiger partial charge on any atom is 0.239 e. The summed E-state index contributed by atoms with van der Waals surface area (Å²) < 4.78 is 26.1. The van der Waals surface area contributed by atoms with Crippen LogP contribution in [0.25, 0.3) is 0 Å². The van der Waals surface area contributed by atoms with Gasteiger partial charge in [-0.05, 0) is 35.4 Å². The molecule has 0 radical (unpaired) electrons. The second-order valence-corrected chi connectivity index (χ2v) is 6.04. The van der Waals surface area contributed by atoms with Gasteiger partial charge in [-0.3, -0.25) is 9.59 Å². The van der Waals surface area contributed by atoms with Gasteiger partial charge in [0.15, 0.2) is 5.78 Å². The van der Waals surface area contributed by atoms with Crippen LogP contribution in [0.4, 0.5) is 8.78 Å². The molecule has 2 unspecified atom stereocenters. The lowest BCUT2D eigenvalue weighted by atomic mass is 9.83. The van der Waals surface area contributed by atoms with Crippen LogP contribution in [0.2, 0.25) is 0 Å². The van der Waals surface area contributed by atoms with E-state index in [4.69, 9.17) is 5.41 Å². The summed E-state index contributed by atoms with van der Waals surface area (Å²) in [6.07, 6.45) is 0.0438. The first-order valence-corrected chi connectivity index (χ1v) is 7.77. The maximum atomic E-state index is 13.1. The molecule has 0 spiro atoms. The number of likely N-dealkylation sites (tertiary alicyclic amines) is 1. The molecule has 2 atom stereocenters. The van der Waals surface area contributed by atoms with Crippen LogP contribution < -0.4 is 0 Å². The zero-order valence-electron chi connectivity index (χ0n) is 13.5. The van der Waals surface area contributed by atoms with E-state index in [1.54, 1.807) is 19.2 Å². The lowest BCUT2D eigenvalue weighted by Gasteiger charge is -2.36. The van der Waals surface area contributed by atoms with Gasteiger partial charge in [0, 0.05) is 13.5 Å². The Labute approximate surface area is 143 Å². The number of piperidine rings is 1. The Balaban J connectivity index is 1.86. The van der Waals surface area contributed by atoms with Gasteiger partial charge in [0.05, 0.1) is 11.8 Å². The molecule has 1 aliphatic rings. The zero-order valence-corrected chi connectivity index (χ0v) is 13.5. The highest BCUT2D eigenvalue weighted by Crippen LogP contribution is 2.32. The number of halogens is 2. The van der Waals surface area contributed by atoms with Gasteiger partial charge in [0.2, 0.25) is 5.91 Å². The molecule has 0 saturated carbocycles. The molecular formula is C19H16F2N2O2. The fourth-order valence-electron chi connectivity index (χ4n) is 3.05. The van der Waals surface area contributed by atoms with Crippen molar-refractivity contribution >= 4 is 17.4 Å². The van der Waals surface area contributed by atoms with Gasteiger partial charge in [0.25, 0.3) is 0 Å². The fourth-order valence-corrected chi connectivity index (χ4v) is 3.05. The van der Waals surface area contributed by atoms with Crippen molar-refractivity contribution in [2.75, 3.05) is 7.05 Å². The van der Waals surface area contributed by atoms with Crippen LogP contribution >= 0.6 is 0 Å². The first-order valence-electron chi connectivity index (χ1n) is 7.77. The van der Waals surface area contributed by atoms with Crippen LogP contribution in [-0.2, 0) is 9.59 Å². The smallest absolute Gasteiger partial charge is 0.239 e. The third-order valence-corrected chi connectivity index (χ3v) is 4.48. The molecule has 128 valence electrons. The Morgan fingerprint density at radius 3 is 2.08 bits per heavy atom. The Bertz CT molecular complexity index is 832. The Hall–Kier alpha value is -2.89. The summed E-state index contributed by atoms with van der Waals surface area (Å²) in [6, 6.07) is 10.3. The zero-order chi connectivity index (χ0) is 18.1. The molecule has 1 fully saturated rings. The predicted octanol–water partition coefficient (Wildman–Crippen LogP) is 3.12. The van der Waals surface area contributed by atoms with Crippen molar-refractivity contribution in [1.82, 2.24) is 4.90 Å². The summed E-state index contributed by atoms with van der Waals surface area (Å²) in [5.41, 5.74) is 0.860. The molecular weight excluding hydrogens is 326 g/mol. The number of ketones is 1. The number of carbonyl (C=O) groups is 2. The number of Topliss-reactive ketones (excluding diaryl/α,β-unsaturated/α-hetero) is 1. The van der Waals surface area contributed by atoms with E-state index in [-0.39, 0.29) is 17.9 Å². The lowest BCUT2D eigenvalue weighted by Crippen LogP contribution is -2.48. The average molecular weight is 342 g/mol. The fraction of sp³-hybridized carbons (Fsp3) is 0.211. The molecule has 2 aromatic carbocycles. The van der Waals surface area contributed by atoms with E-state index >= 15 is 0 Å². The van der Waals surface area contributed by atoms with Crippen LogP contribution in [0.1, 0.15) is 23.6 Å². The molecule has 1 N–H and O–H groups in total. The summed E-state index contributed by atoms with van der Waals surface area (Å²) in [5.74, 6) is -2.90. The van der Waals surface area contributed by atoms with Gasteiger partial charge in [-0.15, -0.1) is 0 Å². The van der Waals surface area contributed by atoms with Gasteiger partial charge >= 0.3 is 0 Å². The minimum absolute atomic E-state index is 0.0438. The van der Waals surface area contributed by atoms with E-state index in [0.717, 1.165) is 0 Å². The normalized spacial score (nSPS) is 20.7. The van der Waals surface area contributed by atoms with Crippen LogP contribution in [0.15, 0.2) is 48.5 Å². The minimum Gasteiger partial charge on any atom is -0.337 e. The summed E-state index contributed by atoms with van der Waals surface area (Å²) >= 11 is 0. The molecule has 3 rings (SSSR count). The van der Waals surface area contributed by atoms with Gasteiger partial charge in [-0.2, -0.15) is 0 Å². The molecule has 1 saturated heterocycles. The number of hydrogen-bond acceptors (Lipinski definition) is 3. The lowest BCUT2D eigenvalue weighted by molar-refractivity contribution is -0.144. The summed E-state index contributed by atoms with van der Waals surface area (Å²) in [7, 11) is 1.56. The van der Waals surface area contributed by atoms with E-state index in [9.17, 15) is 18.4 Å². The van der Waals surface area contributed by atoms with E-state index in [1.165, 1.54) is 41.3 Å². The number of rotatable bonds is 3. The number of hydrogen-bond donors (Lipinski definition) is 1. The number of amides is 1. The van der Waals surface area contributed by atoms with Crippen LogP contribution in [0.5, 0.6) is 0 Å². The molecule has 0 aromatic heterocycles. The van der Waals surface area contributed by atoms with Gasteiger partial charge < -0.3 is 10.3 Å². The van der Waals surface area contributed by atoms with Crippen molar-refractivity contribution in [1.29, 1.82) is 5.41 Å². The minimum atomic E-state index is -1.20. The first-order chi connectivity index (χ1) is 11.9. The van der Waals surface area contributed by atoms with Crippen LogP contribution in [0, 0.1) is 23.0 Å². The molecule has 1 amide bonds. The van der Waals surface area contributed by atoms with Crippen molar-refractivity contribution in [2.24, 2.45) is 5.92 Å². The quantitative estimate of drug-likeness (QED) is 0.688. The number of nitrogens with one attached hydrogen (secondary N) is 1. The van der Waals surface area contributed by atoms with Crippen molar-refractivity contribution in [3.05, 3.63) is 71.3 Å². The van der Waals surface area contributed by atoms with Gasteiger partial charge in [-0.25, -0.2) is 8.78 Å². The van der Waals surface area contributed by atoms with Crippen molar-refractivity contribution in [3.63, 3.8) is 0 Å². The van der Waals surface area contributed by atoms with Crippen molar-refractivity contribution in [3.8, 4) is 0 Å². The highest BCUT2D eigenvalue weighted by molar-refractivity contribution is 6.25. The maximum absolute atomic E-state index is 13.1. The predicted molar refractivity (Wildman–Crippen MR) is 88.3 cm³/mol. The van der Waals surface area contributed by atoms with E-state index < -0.39 is 29.5 Å². The van der Waals surface area contributed by atoms with Crippen molar-refractivity contribution < 1.29 is 18.4 Å². The van der Waals surface area contributed by atoms with Gasteiger partial charge in [0.1, 0.15) is 17.6 Å².